The van der Waals surface area contributed by atoms with Crippen LogP contribution in [-0.4, -0.2) is 29.1 Å². The smallest absolute Gasteiger partial charge is 0.350 e. The molecule has 0 saturated heterocycles. The van der Waals surface area contributed by atoms with Crippen LogP contribution in [0.15, 0.2) is 56.3 Å². The first kappa shape index (κ1) is 24.2. The van der Waals surface area contributed by atoms with Crippen LogP contribution in [-0.2, 0) is 9.53 Å². The van der Waals surface area contributed by atoms with Gasteiger partial charge in [0, 0.05) is 0 Å². The summed E-state index contributed by atoms with van der Waals surface area (Å²) < 4.78 is 22.5. The number of para-hydroxylation sites is 1. The standard InChI is InChI=1S/C25H24N2O7S/c1-5-16(23(29)27-25-26-14(4)22(35-25)24(30)32-13(2)3)33-21-19(28)15-9-6-7-10-17(15)34-20(21)18-11-8-12-31-18/h6-13,16H,5H2,1-4H3,(H,26,27,29). The van der Waals surface area contributed by atoms with Gasteiger partial charge in [-0.2, -0.15) is 0 Å². The monoisotopic (exact) mass is 496 g/mol. The number of hydrogen-bond donors (Lipinski definition) is 1. The summed E-state index contributed by atoms with van der Waals surface area (Å²) in [7, 11) is 0. The number of carbonyl (C=O) groups is 2. The minimum atomic E-state index is -1.04. The van der Waals surface area contributed by atoms with Crippen LogP contribution in [0.25, 0.3) is 22.5 Å². The van der Waals surface area contributed by atoms with Gasteiger partial charge in [0.15, 0.2) is 17.0 Å². The molecule has 1 unspecified atom stereocenters. The van der Waals surface area contributed by atoms with E-state index in [-0.39, 0.29) is 29.2 Å². The van der Waals surface area contributed by atoms with Gasteiger partial charge in [-0.3, -0.25) is 14.9 Å². The van der Waals surface area contributed by atoms with E-state index in [0.717, 1.165) is 11.3 Å². The van der Waals surface area contributed by atoms with Crippen LogP contribution in [0.3, 0.4) is 0 Å². The molecule has 0 aliphatic carbocycles. The lowest BCUT2D eigenvalue weighted by atomic mass is 10.2. The number of furan rings is 1. The Labute approximate surface area is 204 Å². The highest BCUT2D eigenvalue weighted by molar-refractivity contribution is 7.17. The molecule has 1 aromatic carbocycles. The molecule has 0 saturated carbocycles. The minimum Gasteiger partial charge on any atom is -0.473 e. The summed E-state index contributed by atoms with van der Waals surface area (Å²) in [5.41, 5.74) is 0.390. The fraction of sp³-hybridized carbons (Fsp3) is 0.280. The highest BCUT2D eigenvalue weighted by Crippen LogP contribution is 2.32. The Morgan fingerprint density at radius 1 is 1.17 bits per heavy atom. The molecule has 182 valence electrons. The Morgan fingerprint density at radius 2 is 1.94 bits per heavy atom. The number of hydrogen-bond acceptors (Lipinski definition) is 9. The second kappa shape index (κ2) is 10.1. The van der Waals surface area contributed by atoms with E-state index in [4.69, 9.17) is 18.3 Å². The van der Waals surface area contributed by atoms with Crippen molar-refractivity contribution in [2.45, 2.75) is 46.3 Å². The average molecular weight is 497 g/mol. The summed E-state index contributed by atoms with van der Waals surface area (Å²) >= 11 is 1.01. The van der Waals surface area contributed by atoms with E-state index in [1.807, 2.05) is 0 Å². The number of ether oxygens (including phenoxy) is 2. The van der Waals surface area contributed by atoms with E-state index < -0.39 is 23.4 Å². The van der Waals surface area contributed by atoms with E-state index in [1.54, 1.807) is 64.1 Å². The number of aromatic nitrogens is 1. The summed E-state index contributed by atoms with van der Waals surface area (Å²) in [5.74, 6) is -0.772. The van der Waals surface area contributed by atoms with Crippen molar-refractivity contribution in [2.24, 2.45) is 0 Å². The van der Waals surface area contributed by atoms with Crippen molar-refractivity contribution in [2.75, 3.05) is 5.32 Å². The normalized spacial score (nSPS) is 12.0. The first-order valence-corrected chi connectivity index (χ1v) is 11.9. The zero-order valence-corrected chi connectivity index (χ0v) is 20.4. The zero-order valence-electron chi connectivity index (χ0n) is 19.6. The van der Waals surface area contributed by atoms with Gasteiger partial charge in [0.2, 0.25) is 16.9 Å². The Balaban J connectivity index is 1.63. The van der Waals surface area contributed by atoms with Crippen LogP contribution in [0.4, 0.5) is 5.13 Å². The van der Waals surface area contributed by atoms with E-state index in [9.17, 15) is 14.4 Å². The summed E-state index contributed by atoms with van der Waals surface area (Å²) in [6.45, 7) is 6.91. The molecule has 0 fully saturated rings. The van der Waals surface area contributed by atoms with Crippen molar-refractivity contribution in [1.29, 1.82) is 0 Å². The maximum atomic E-state index is 13.3. The van der Waals surface area contributed by atoms with E-state index in [1.165, 1.54) is 6.26 Å². The lowest BCUT2D eigenvalue weighted by molar-refractivity contribution is -0.122. The van der Waals surface area contributed by atoms with Crippen LogP contribution in [0.1, 0.15) is 42.6 Å². The van der Waals surface area contributed by atoms with Crippen molar-refractivity contribution < 1.29 is 27.9 Å². The summed E-state index contributed by atoms with van der Waals surface area (Å²) in [5, 5.41) is 3.21. The number of benzene rings is 1. The molecule has 0 radical (unpaired) electrons. The van der Waals surface area contributed by atoms with Crippen LogP contribution in [0.2, 0.25) is 0 Å². The topological polar surface area (TPSA) is 121 Å². The quantitative estimate of drug-likeness (QED) is 0.331. The molecule has 3 heterocycles. The SMILES string of the molecule is CCC(Oc1c(-c2ccco2)oc2ccccc2c1=O)C(=O)Nc1nc(C)c(C(=O)OC(C)C)s1. The number of thiazole rings is 1. The molecule has 4 rings (SSSR count). The molecule has 10 heteroatoms. The van der Waals surface area contributed by atoms with Gasteiger partial charge in [0.05, 0.1) is 23.4 Å². The number of esters is 1. The third-order valence-electron chi connectivity index (χ3n) is 4.98. The molecular formula is C25H24N2O7S. The first-order valence-electron chi connectivity index (χ1n) is 11.0. The van der Waals surface area contributed by atoms with E-state index in [0.29, 0.717) is 27.3 Å². The fourth-order valence-electron chi connectivity index (χ4n) is 3.36. The number of anilines is 1. The molecular weight excluding hydrogens is 472 g/mol. The van der Waals surface area contributed by atoms with Crippen LogP contribution in [0.5, 0.6) is 5.75 Å². The summed E-state index contributed by atoms with van der Waals surface area (Å²) in [6, 6.07) is 10.1. The third kappa shape index (κ3) is 5.12. The maximum Gasteiger partial charge on any atom is 0.350 e. The second-order valence-electron chi connectivity index (χ2n) is 7.95. The molecule has 4 aromatic rings. The molecule has 0 bridgehead atoms. The van der Waals surface area contributed by atoms with Crippen molar-refractivity contribution in [3.05, 3.63) is 63.5 Å². The predicted molar refractivity (Wildman–Crippen MR) is 131 cm³/mol. The van der Waals surface area contributed by atoms with Crippen LogP contribution < -0.4 is 15.5 Å². The molecule has 1 amide bonds. The molecule has 3 aromatic heterocycles. The number of amides is 1. The number of nitrogens with zero attached hydrogens (tertiary/aromatic N) is 1. The highest BCUT2D eigenvalue weighted by atomic mass is 32.1. The Morgan fingerprint density at radius 3 is 2.63 bits per heavy atom. The minimum absolute atomic E-state index is 0.0914. The maximum absolute atomic E-state index is 13.3. The van der Waals surface area contributed by atoms with Gasteiger partial charge in [0.25, 0.3) is 5.91 Å². The number of fused-ring (bicyclic) bond motifs is 1. The van der Waals surface area contributed by atoms with Crippen molar-refractivity contribution >= 4 is 39.3 Å². The van der Waals surface area contributed by atoms with Gasteiger partial charge in [-0.05, 0) is 51.5 Å². The highest BCUT2D eigenvalue weighted by Gasteiger charge is 2.27. The predicted octanol–water partition coefficient (Wildman–Crippen LogP) is 5.18. The molecule has 0 aliphatic heterocycles. The van der Waals surface area contributed by atoms with E-state index >= 15 is 0 Å². The van der Waals surface area contributed by atoms with Crippen molar-refractivity contribution in [3.8, 4) is 17.3 Å². The summed E-state index contributed by atoms with van der Waals surface area (Å²) in [4.78, 5) is 43.1. The van der Waals surface area contributed by atoms with Gasteiger partial charge in [-0.15, -0.1) is 0 Å². The molecule has 0 aliphatic rings. The van der Waals surface area contributed by atoms with Crippen LogP contribution >= 0.6 is 11.3 Å². The average Bonchev–Trinajstić information content (AvgIpc) is 3.48. The van der Waals surface area contributed by atoms with Gasteiger partial charge in [-0.1, -0.05) is 30.4 Å². The largest absolute Gasteiger partial charge is 0.473 e. The lowest BCUT2D eigenvalue weighted by Crippen LogP contribution is -2.34. The number of nitrogens with one attached hydrogen (secondary N) is 1. The van der Waals surface area contributed by atoms with Gasteiger partial charge >= 0.3 is 5.97 Å². The van der Waals surface area contributed by atoms with Gasteiger partial charge in [-0.25, -0.2) is 9.78 Å². The van der Waals surface area contributed by atoms with Crippen LogP contribution in [0, 0.1) is 6.92 Å². The fourth-order valence-corrected chi connectivity index (χ4v) is 4.21. The van der Waals surface area contributed by atoms with Crippen molar-refractivity contribution in [1.82, 2.24) is 4.98 Å². The number of rotatable bonds is 8. The third-order valence-corrected chi connectivity index (χ3v) is 6.03. The second-order valence-corrected chi connectivity index (χ2v) is 8.95. The lowest BCUT2D eigenvalue weighted by Gasteiger charge is -2.17. The van der Waals surface area contributed by atoms with Gasteiger partial charge in [0.1, 0.15) is 10.5 Å². The Hall–Kier alpha value is -3.92. The number of carbonyl (C=O) groups excluding carboxylic acids is 2. The van der Waals surface area contributed by atoms with E-state index in [2.05, 4.69) is 10.3 Å². The zero-order chi connectivity index (χ0) is 25.1. The molecule has 0 spiro atoms. The number of aryl methyl sites for hydroxylation is 1. The molecule has 1 N–H and O–H groups in total. The Bertz CT molecular complexity index is 1420. The molecule has 35 heavy (non-hydrogen) atoms. The van der Waals surface area contributed by atoms with Gasteiger partial charge < -0.3 is 18.3 Å². The molecule has 9 nitrogen and oxygen atoms in total. The molecule has 1 atom stereocenters. The summed E-state index contributed by atoms with van der Waals surface area (Å²) in [6.07, 6.45) is 0.382. The van der Waals surface area contributed by atoms with Crippen molar-refractivity contribution in [3.63, 3.8) is 0 Å². The first-order chi connectivity index (χ1) is 16.8. The Kier molecular flexibility index (Phi) is 7.02.